The van der Waals surface area contributed by atoms with E-state index in [1.54, 1.807) is 12.3 Å². The minimum absolute atomic E-state index is 0.0630. The first-order chi connectivity index (χ1) is 9.15. The third-order valence-electron chi connectivity index (χ3n) is 3.09. The maximum absolute atomic E-state index is 12.7. The molecule has 0 N–H and O–H groups in total. The molecular formula is C15H17BrN2O. The number of rotatable bonds is 4. The Labute approximate surface area is 121 Å². The van der Waals surface area contributed by atoms with E-state index in [1.165, 1.54) is 0 Å². The first kappa shape index (κ1) is 14.0. The lowest BCUT2D eigenvalue weighted by Crippen LogP contribution is -2.38. The maximum Gasteiger partial charge on any atom is 0.254 e. The van der Waals surface area contributed by atoms with Crippen molar-refractivity contribution in [3.8, 4) is 0 Å². The molecule has 0 aliphatic heterocycles. The summed E-state index contributed by atoms with van der Waals surface area (Å²) in [5, 5.41) is 1.69. The van der Waals surface area contributed by atoms with E-state index in [0.717, 1.165) is 21.8 Å². The van der Waals surface area contributed by atoms with Crippen molar-refractivity contribution in [1.29, 1.82) is 0 Å². The zero-order chi connectivity index (χ0) is 13.8. The molecule has 0 spiro atoms. The molecule has 2 aromatic rings. The van der Waals surface area contributed by atoms with Crippen molar-refractivity contribution in [3.63, 3.8) is 0 Å². The molecule has 0 saturated heterocycles. The number of pyridine rings is 1. The van der Waals surface area contributed by atoms with E-state index >= 15 is 0 Å². The quantitative estimate of drug-likeness (QED) is 0.808. The predicted molar refractivity (Wildman–Crippen MR) is 81.7 cm³/mol. The highest BCUT2D eigenvalue weighted by Gasteiger charge is 2.19. The third-order valence-corrected chi connectivity index (χ3v) is 3.44. The Morgan fingerprint density at radius 3 is 2.74 bits per heavy atom. The molecule has 4 heteroatoms. The van der Waals surface area contributed by atoms with Crippen LogP contribution in [0.3, 0.4) is 0 Å². The fourth-order valence-corrected chi connectivity index (χ4v) is 2.50. The lowest BCUT2D eigenvalue weighted by Gasteiger charge is -2.26. The number of amides is 1. The van der Waals surface area contributed by atoms with E-state index in [1.807, 2.05) is 43.0 Å². The highest BCUT2D eigenvalue weighted by molar-refractivity contribution is 9.09. The summed E-state index contributed by atoms with van der Waals surface area (Å²) >= 11 is 3.40. The first-order valence-corrected chi connectivity index (χ1v) is 7.48. The molecule has 0 fully saturated rings. The standard InChI is InChI=1S/C15H17BrN2O/c1-11(2)18(10-8-16)15(19)13-7-9-17-14-6-4-3-5-12(13)14/h3-7,9,11H,8,10H2,1-2H3. The van der Waals surface area contributed by atoms with Crippen LogP contribution in [0.4, 0.5) is 0 Å². The van der Waals surface area contributed by atoms with Crippen LogP contribution in [0.15, 0.2) is 36.5 Å². The van der Waals surface area contributed by atoms with Gasteiger partial charge in [-0.25, -0.2) is 0 Å². The van der Waals surface area contributed by atoms with E-state index in [2.05, 4.69) is 20.9 Å². The average molecular weight is 321 g/mol. The van der Waals surface area contributed by atoms with Crippen molar-refractivity contribution in [2.45, 2.75) is 19.9 Å². The number of alkyl halides is 1. The number of halogens is 1. The van der Waals surface area contributed by atoms with E-state index in [4.69, 9.17) is 0 Å². The van der Waals surface area contributed by atoms with Gasteiger partial charge >= 0.3 is 0 Å². The van der Waals surface area contributed by atoms with Gasteiger partial charge in [0.05, 0.1) is 11.1 Å². The third kappa shape index (κ3) is 2.95. The number of fused-ring (bicyclic) bond motifs is 1. The SMILES string of the molecule is CC(C)N(CCBr)C(=O)c1ccnc2ccccc12. The highest BCUT2D eigenvalue weighted by Crippen LogP contribution is 2.19. The molecule has 0 unspecified atom stereocenters. The molecule has 1 heterocycles. The van der Waals surface area contributed by atoms with Crippen molar-refractivity contribution >= 4 is 32.7 Å². The van der Waals surface area contributed by atoms with Crippen LogP contribution in [0.5, 0.6) is 0 Å². The van der Waals surface area contributed by atoms with Gasteiger partial charge in [-0.2, -0.15) is 0 Å². The van der Waals surface area contributed by atoms with E-state index < -0.39 is 0 Å². The zero-order valence-electron chi connectivity index (χ0n) is 11.1. The van der Waals surface area contributed by atoms with Crippen LogP contribution in [0.2, 0.25) is 0 Å². The van der Waals surface area contributed by atoms with Crippen LogP contribution >= 0.6 is 15.9 Å². The molecule has 0 radical (unpaired) electrons. The second-order valence-electron chi connectivity index (χ2n) is 4.66. The van der Waals surface area contributed by atoms with Gasteiger partial charge in [-0.1, -0.05) is 34.1 Å². The van der Waals surface area contributed by atoms with Crippen molar-refractivity contribution < 1.29 is 4.79 Å². The number of carbonyl (C=O) groups excluding carboxylic acids is 1. The molecule has 1 aromatic heterocycles. The molecule has 2 rings (SSSR count). The molecule has 0 aliphatic carbocycles. The monoisotopic (exact) mass is 320 g/mol. The van der Waals surface area contributed by atoms with Gasteiger partial charge in [0.25, 0.3) is 5.91 Å². The highest BCUT2D eigenvalue weighted by atomic mass is 79.9. The van der Waals surface area contributed by atoms with Gasteiger partial charge in [0.15, 0.2) is 0 Å². The smallest absolute Gasteiger partial charge is 0.254 e. The first-order valence-electron chi connectivity index (χ1n) is 6.36. The second-order valence-corrected chi connectivity index (χ2v) is 5.45. The summed E-state index contributed by atoms with van der Waals surface area (Å²) in [4.78, 5) is 18.8. The maximum atomic E-state index is 12.7. The van der Waals surface area contributed by atoms with Gasteiger partial charge in [-0.3, -0.25) is 9.78 Å². The molecule has 0 bridgehead atoms. The second kappa shape index (κ2) is 6.15. The summed E-state index contributed by atoms with van der Waals surface area (Å²) in [7, 11) is 0. The Kier molecular flexibility index (Phi) is 4.53. The summed E-state index contributed by atoms with van der Waals surface area (Å²) in [5.74, 6) is 0.0630. The number of benzene rings is 1. The van der Waals surface area contributed by atoms with Crippen LogP contribution in [0.25, 0.3) is 10.9 Å². The van der Waals surface area contributed by atoms with Crippen molar-refractivity contribution in [2.75, 3.05) is 11.9 Å². The fourth-order valence-electron chi connectivity index (χ4n) is 2.12. The number of aromatic nitrogens is 1. The van der Waals surface area contributed by atoms with E-state index in [9.17, 15) is 4.79 Å². The Morgan fingerprint density at radius 1 is 1.32 bits per heavy atom. The molecule has 0 atom stereocenters. The van der Waals surface area contributed by atoms with Crippen LogP contribution in [-0.4, -0.2) is 33.7 Å². The lowest BCUT2D eigenvalue weighted by molar-refractivity contribution is 0.0721. The molecule has 19 heavy (non-hydrogen) atoms. The molecule has 0 aliphatic rings. The van der Waals surface area contributed by atoms with E-state index in [-0.39, 0.29) is 11.9 Å². The average Bonchev–Trinajstić information content (AvgIpc) is 2.43. The Morgan fingerprint density at radius 2 is 2.05 bits per heavy atom. The topological polar surface area (TPSA) is 33.2 Å². The number of hydrogen-bond donors (Lipinski definition) is 0. The van der Waals surface area contributed by atoms with Gasteiger partial charge in [0.2, 0.25) is 0 Å². The zero-order valence-corrected chi connectivity index (χ0v) is 12.7. The summed E-state index contributed by atoms with van der Waals surface area (Å²) in [5.41, 5.74) is 1.58. The van der Waals surface area contributed by atoms with Crippen molar-refractivity contribution in [2.24, 2.45) is 0 Å². The van der Waals surface area contributed by atoms with Crippen LogP contribution in [-0.2, 0) is 0 Å². The number of hydrogen-bond acceptors (Lipinski definition) is 2. The van der Waals surface area contributed by atoms with Gasteiger partial charge in [-0.05, 0) is 26.0 Å². The summed E-state index contributed by atoms with van der Waals surface area (Å²) in [6.07, 6.45) is 1.70. The minimum Gasteiger partial charge on any atom is -0.335 e. The molecular weight excluding hydrogens is 304 g/mol. The van der Waals surface area contributed by atoms with Crippen molar-refractivity contribution in [3.05, 3.63) is 42.1 Å². The van der Waals surface area contributed by atoms with Gasteiger partial charge in [-0.15, -0.1) is 0 Å². The number of carbonyl (C=O) groups is 1. The summed E-state index contributed by atoms with van der Waals surface area (Å²) < 4.78 is 0. The predicted octanol–water partition coefficient (Wildman–Crippen LogP) is 3.48. The molecule has 0 saturated carbocycles. The largest absolute Gasteiger partial charge is 0.335 e. The van der Waals surface area contributed by atoms with Crippen LogP contribution in [0, 0.1) is 0 Å². The summed E-state index contributed by atoms with van der Waals surface area (Å²) in [6.45, 7) is 4.76. The Bertz CT molecular complexity index is 578. The van der Waals surface area contributed by atoms with Crippen LogP contribution in [0.1, 0.15) is 24.2 Å². The molecule has 1 amide bonds. The number of nitrogens with zero attached hydrogens (tertiary/aromatic N) is 2. The summed E-state index contributed by atoms with van der Waals surface area (Å²) in [6, 6.07) is 9.72. The molecule has 100 valence electrons. The fraction of sp³-hybridized carbons (Fsp3) is 0.333. The van der Waals surface area contributed by atoms with Crippen LogP contribution < -0.4 is 0 Å². The van der Waals surface area contributed by atoms with Crippen molar-refractivity contribution in [1.82, 2.24) is 9.88 Å². The molecule has 1 aromatic carbocycles. The molecule has 3 nitrogen and oxygen atoms in total. The van der Waals surface area contributed by atoms with Gasteiger partial charge in [0, 0.05) is 29.5 Å². The normalized spacial score (nSPS) is 10.9. The Balaban J connectivity index is 2.45. The lowest BCUT2D eigenvalue weighted by atomic mass is 10.1. The minimum atomic E-state index is 0.0630. The van der Waals surface area contributed by atoms with E-state index in [0.29, 0.717) is 6.54 Å². The number of para-hydroxylation sites is 1. The van der Waals surface area contributed by atoms with Gasteiger partial charge < -0.3 is 4.90 Å². The van der Waals surface area contributed by atoms with Gasteiger partial charge in [0.1, 0.15) is 0 Å². The Hall–Kier alpha value is -1.42.